The van der Waals surface area contributed by atoms with Gasteiger partial charge in [-0.3, -0.25) is 4.79 Å². The van der Waals surface area contributed by atoms with E-state index in [-0.39, 0.29) is 116 Å². The number of rotatable bonds is 1. The molecule has 10 fully saturated rings. The Hall–Kier alpha value is -1.45. The SMILES string of the molecule is C=C1CC2CC[C@]34C[C@@H](OC)C(O3)[C@H]3CC(O4)[C@H]4OC(CCC4O3)CC(=O)OC3CC4OC5C[C@H](C)O[C@@H]5C[C@@H]4OC3C[C@H]3O[C@@H](CCC1O2)C[C@@H](C)C3=C. The van der Waals surface area contributed by atoms with Crippen LogP contribution < -0.4 is 0 Å². The van der Waals surface area contributed by atoms with Crippen molar-refractivity contribution in [3.63, 3.8) is 0 Å². The first-order valence-corrected chi connectivity index (χ1v) is 21.6. The van der Waals surface area contributed by atoms with Crippen molar-refractivity contribution in [3.8, 4) is 0 Å². The largest absolute Gasteiger partial charge is 0.459 e. The average Bonchev–Trinajstić information content (AvgIpc) is 3.81. The molecule has 20 atom stereocenters. The Morgan fingerprint density at radius 1 is 0.600 bits per heavy atom. The summed E-state index contributed by atoms with van der Waals surface area (Å²) < 4.78 is 73.0. The van der Waals surface area contributed by atoms with Crippen molar-refractivity contribution in [2.75, 3.05) is 7.11 Å². The minimum absolute atomic E-state index is 0.0131. The standard InChI is InChI=1S/C43H62O12/c1-21-12-25-6-8-28-22(2)13-27(47-28)10-11-43-20-39(45-5)42(55-43)37-19-38(54-43)41-29(50-37)9-7-26(49-41)15-40(44)53-36-18-35-34(17-32-31(51-35)14-23(3)46-32)52-33(36)16-30(48-25)24(21)4/h21,23,25-39,41-42H,2,4,6-20H2,1,3,5H3/t21-,23+,25+,26?,27?,28?,29?,30-,31?,32-,33?,34+,35?,36?,37-,38?,39-,41+,42?,43-/m1/s1. The van der Waals surface area contributed by atoms with E-state index < -0.39 is 11.9 Å². The highest BCUT2D eigenvalue weighted by Crippen LogP contribution is 2.50. The second-order valence-electron chi connectivity index (χ2n) is 18.6. The van der Waals surface area contributed by atoms with Gasteiger partial charge in [0.25, 0.3) is 0 Å². The summed E-state index contributed by atoms with van der Waals surface area (Å²) in [5.74, 6) is -0.809. The molecule has 10 aliphatic rings. The van der Waals surface area contributed by atoms with Crippen LogP contribution in [0, 0.1) is 5.92 Å². The van der Waals surface area contributed by atoms with Crippen LogP contribution in [0.1, 0.15) is 110 Å². The topological polar surface area (TPSA) is 119 Å². The fraction of sp³-hybridized carbons (Fsp3) is 0.884. The van der Waals surface area contributed by atoms with E-state index in [1.807, 2.05) is 0 Å². The maximum absolute atomic E-state index is 13.9. The third kappa shape index (κ3) is 7.31. The molecule has 55 heavy (non-hydrogen) atoms. The first-order valence-electron chi connectivity index (χ1n) is 21.6. The third-order valence-electron chi connectivity index (χ3n) is 14.8. The Bertz CT molecular complexity index is 1470. The number of hydrogen-bond donors (Lipinski definition) is 0. The second kappa shape index (κ2) is 15.0. The molecule has 10 bridgehead atoms. The predicted octanol–water partition coefficient (Wildman–Crippen LogP) is 5.41. The van der Waals surface area contributed by atoms with Gasteiger partial charge >= 0.3 is 5.97 Å². The summed E-state index contributed by atoms with van der Waals surface area (Å²) in [5.41, 5.74) is 2.22. The summed E-state index contributed by atoms with van der Waals surface area (Å²) in [6.07, 6.45) is 8.13. The lowest BCUT2D eigenvalue weighted by Gasteiger charge is -2.48. The number of hydrogen-bond acceptors (Lipinski definition) is 12. The van der Waals surface area contributed by atoms with Gasteiger partial charge in [-0.1, -0.05) is 20.1 Å². The van der Waals surface area contributed by atoms with Crippen LogP contribution in [-0.4, -0.2) is 129 Å². The van der Waals surface area contributed by atoms with Gasteiger partial charge in [-0.2, -0.15) is 0 Å². The molecule has 10 rings (SSSR count). The maximum atomic E-state index is 13.9. The van der Waals surface area contributed by atoms with E-state index in [9.17, 15) is 4.79 Å². The minimum Gasteiger partial charge on any atom is -0.459 e. The van der Waals surface area contributed by atoms with Gasteiger partial charge in [0.15, 0.2) is 5.79 Å². The molecule has 10 saturated heterocycles. The predicted molar refractivity (Wildman–Crippen MR) is 196 cm³/mol. The van der Waals surface area contributed by atoms with E-state index in [1.54, 1.807) is 7.11 Å². The highest BCUT2D eigenvalue weighted by molar-refractivity contribution is 5.70. The van der Waals surface area contributed by atoms with Gasteiger partial charge < -0.3 is 52.1 Å². The van der Waals surface area contributed by atoms with Gasteiger partial charge in [0.1, 0.15) is 18.3 Å². The Morgan fingerprint density at radius 2 is 1.29 bits per heavy atom. The van der Waals surface area contributed by atoms with Crippen LogP contribution in [0.4, 0.5) is 0 Å². The Labute approximate surface area is 325 Å². The number of methoxy groups -OCH3 is 1. The average molecular weight is 771 g/mol. The highest BCUT2D eigenvalue weighted by Gasteiger charge is 2.60. The number of carbonyl (C=O) groups excluding carboxylic acids is 1. The summed E-state index contributed by atoms with van der Waals surface area (Å²) in [6, 6.07) is 0. The Balaban J connectivity index is 0.916. The van der Waals surface area contributed by atoms with Crippen molar-refractivity contribution in [1.82, 2.24) is 0 Å². The van der Waals surface area contributed by atoms with E-state index in [0.29, 0.717) is 44.4 Å². The van der Waals surface area contributed by atoms with E-state index in [0.717, 1.165) is 62.5 Å². The van der Waals surface area contributed by atoms with Crippen LogP contribution in [-0.2, 0) is 56.9 Å². The van der Waals surface area contributed by atoms with Crippen molar-refractivity contribution in [1.29, 1.82) is 0 Å². The molecule has 0 saturated carbocycles. The molecule has 0 aromatic carbocycles. The fourth-order valence-corrected chi connectivity index (χ4v) is 11.9. The molecule has 12 heteroatoms. The van der Waals surface area contributed by atoms with Crippen LogP contribution in [0.25, 0.3) is 0 Å². The third-order valence-corrected chi connectivity index (χ3v) is 14.8. The van der Waals surface area contributed by atoms with Crippen molar-refractivity contribution >= 4 is 5.97 Å². The maximum Gasteiger partial charge on any atom is 0.308 e. The zero-order valence-electron chi connectivity index (χ0n) is 32.9. The Kier molecular flexibility index (Phi) is 10.3. The fourth-order valence-electron chi connectivity index (χ4n) is 11.9. The van der Waals surface area contributed by atoms with E-state index in [4.69, 9.17) is 52.1 Å². The molecule has 0 aliphatic carbocycles. The first kappa shape index (κ1) is 37.8. The van der Waals surface area contributed by atoms with Crippen LogP contribution in [0.3, 0.4) is 0 Å². The van der Waals surface area contributed by atoms with Crippen LogP contribution in [0.2, 0.25) is 0 Å². The lowest BCUT2D eigenvalue weighted by molar-refractivity contribution is -0.278. The second-order valence-corrected chi connectivity index (χ2v) is 18.6. The lowest BCUT2D eigenvalue weighted by Crippen LogP contribution is -2.58. The molecule has 0 aromatic heterocycles. The zero-order chi connectivity index (χ0) is 37.6. The van der Waals surface area contributed by atoms with Gasteiger partial charge in [-0.25, -0.2) is 0 Å². The van der Waals surface area contributed by atoms with Gasteiger partial charge in [-0.15, -0.1) is 0 Å². The summed E-state index contributed by atoms with van der Waals surface area (Å²) in [7, 11) is 1.75. The normalized spacial score (nSPS) is 54.0. The van der Waals surface area contributed by atoms with Crippen molar-refractivity contribution in [2.24, 2.45) is 5.92 Å². The monoisotopic (exact) mass is 770 g/mol. The van der Waals surface area contributed by atoms with Crippen LogP contribution in [0.15, 0.2) is 24.3 Å². The van der Waals surface area contributed by atoms with E-state index >= 15 is 0 Å². The van der Waals surface area contributed by atoms with E-state index in [2.05, 4.69) is 27.0 Å². The molecule has 10 aliphatic heterocycles. The molecule has 0 amide bonds. The van der Waals surface area contributed by atoms with Crippen molar-refractivity contribution < 1.29 is 56.9 Å². The quantitative estimate of drug-likeness (QED) is 0.251. The van der Waals surface area contributed by atoms with Crippen LogP contribution >= 0.6 is 0 Å². The smallest absolute Gasteiger partial charge is 0.308 e. The lowest BCUT2D eigenvalue weighted by atomic mass is 9.83. The number of carbonyl (C=O) groups is 1. The molecule has 0 N–H and O–H groups in total. The van der Waals surface area contributed by atoms with Gasteiger partial charge in [0.05, 0.1) is 98.0 Å². The molecule has 0 aromatic rings. The summed E-state index contributed by atoms with van der Waals surface area (Å²) in [5, 5.41) is 0. The number of esters is 1. The molecule has 12 nitrogen and oxygen atoms in total. The summed E-state index contributed by atoms with van der Waals surface area (Å²) in [4.78, 5) is 13.9. The first-order chi connectivity index (χ1) is 26.6. The molecular formula is C43H62O12. The molecule has 1 spiro atoms. The number of ether oxygens (including phenoxy) is 11. The molecule has 306 valence electrons. The highest BCUT2D eigenvalue weighted by atomic mass is 16.7. The molecule has 10 heterocycles. The molecule has 10 unspecified atom stereocenters. The minimum atomic E-state index is -0.820. The van der Waals surface area contributed by atoms with Crippen molar-refractivity contribution in [3.05, 3.63) is 24.3 Å². The van der Waals surface area contributed by atoms with Crippen molar-refractivity contribution in [2.45, 2.75) is 226 Å². The van der Waals surface area contributed by atoms with E-state index in [1.165, 1.54) is 0 Å². The summed E-state index contributed by atoms with van der Waals surface area (Å²) in [6.45, 7) is 13.3. The number of fused-ring (bicyclic) bond motifs is 11. The van der Waals surface area contributed by atoms with Crippen LogP contribution in [0.5, 0.6) is 0 Å². The zero-order valence-corrected chi connectivity index (χ0v) is 32.9. The molecule has 0 radical (unpaired) electrons. The molecular weight excluding hydrogens is 708 g/mol. The van der Waals surface area contributed by atoms with Gasteiger partial charge in [0, 0.05) is 52.1 Å². The van der Waals surface area contributed by atoms with Gasteiger partial charge in [0.2, 0.25) is 0 Å². The summed E-state index contributed by atoms with van der Waals surface area (Å²) >= 11 is 0. The van der Waals surface area contributed by atoms with Gasteiger partial charge in [-0.05, 0) is 68.9 Å². The Morgan fingerprint density at radius 3 is 2.13 bits per heavy atom.